The molecule has 0 saturated carbocycles. The molecular weight excluding hydrogens is 591 g/mol. The Bertz CT molecular complexity index is 1190. The first-order valence-corrected chi connectivity index (χ1v) is 14.6. The Morgan fingerprint density at radius 3 is 1.95 bits per heavy atom. The van der Waals surface area contributed by atoms with Crippen molar-refractivity contribution < 1.29 is 60.2 Å². The summed E-state index contributed by atoms with van der Waals surface area (Å²) in [6.45, 7) is 4.15. The smallest absolute Gasteiger partial charge is 0.476 e. The van der Waals surface area contributed by atoms with E-state index >= 15 is 0 Å². The molecule has 0 radical (unpaired) electrons. The number of unbranched alkanes of at least 4 members (excludes halogenated alkanes) is 2. The second-order valence-corrected chi connectivity index (χ2v) is 10.9. The predicted octanol–water partition coefficient (Wildman–Crippen LogP) is 4.47. The van der Waals surface area contributed by atoms with E-state index < -0.39 is 79.2 Å². The van der Waals surface area contributed by atoms with Gasteiger partial charge in [0.25, 0.3) is 9.84 Å². The Kier molecular flexibility index (Phi) is 15.5. The lowest BCUT2D eigenvalue weighted by Gasteiger charge is -2.24. The number of hydrogen-bond donors (Lipinski definition) is 1. The summed E-state index contributed by atoms with van der Waals surface area (Å²) in [6.07, 6.45) is 3.03. The molecule has 0 aliphatic carbocycles. The SMILES string of the molecule is CCCCOCCOC(=O)C(C(C)=O)C(C(=C(O)OCCOCCCC)[N+](=O)[O-])c1ccccc1S(=O)(=O)C(F)(F)F. The van der Waals surface area contributed by atoms with Crippen LogP contribution >= 0.6 is 0 Å². The Labute approximate surface area is 241 Å². The number of sulfone groups is 1. The van der Waals surface area contributed by atoms with Crippen molar-refractivity contribution in [2.75, 3.05) is 39.6 Å². The minimum absolute atomic E-state index is 0.121. The average molecular weight is 628 g/mol. The standard InChI is InChI=1S/C26H36F3NO11S/c1-4-6-12-38-14-16-40-24(32)21(18(3)31)22(19-10-8-9-11-20(19)42(36,37)26(27,28)29)23(30(34)35)25(33)41-17-15-39-13-7-5-2/h8-11,21-22,33H,4-7,12-17H2,1-3H3. The number of Topliss-reactive ketones (excluding diaryl/α,β-unsaturated/α-hetero) is 1. The molecule has 238 valence electrons. The van der Waals surface area contributed by atoms with E-state index in [4.69, 9.17) is 18.9 Å². The van der Waals surface area contributed by atoms with Crippen molar-refractivity contribution in [2.45, 2.75) is 62.8 Å². The van der Waals surface area contributed by atoms with Crippen LogP contribution in [-0.2, 0) is 38.4 Å². The highest BCUT2D eigenvalue weighted by Gasteiger charge is 2.52. The summed E-state index contributed by atoms with van der Waals surface area (Å²) >= 11 is 0. The van der Waals surface area contributed by atoms with Crippen molar-refractivity contribution in [3.63, 3.8) is 0 Å². The zero-order valence-corrected chi connectivity index (χ0v) is 24.4. The Balaban J connectivity index is 3.70. The number of halogens is 3. The highest BCUT2D eigenvalue weighted by Crippen LogP contribution is 2.42. The molecule has 0 aliphatic rings. The number of ether oxygens (including phenoxy) is 4. The molecule has 1 aromatic rings. The number of aliphatic hydroxyl groups excluding tert-OH is 1. The molecule has 0 heterocycles. The molecule has 1 aromatic carbocycles. The van der Waals surface area contributed by atoms with Crippen molar-refractivity contribution in [1.29, 1.82) is 0 Å². The molecule has 0 aromatic heterocycles. The third-order valence-corrected chi connectivity index (χ3v) is 7.37. The van der Waals surface area contributed by atoms with E-state index in [-0.39, 0.29) is 13.2 Å². The summed E-state index contributed by atoms with van der Waals surface area (Å²) in [4.78, 5) is 35.3. The number of ketones is 1. The van der Waals surface area contributed by atoms with E-state index in [9.17, 15) is 46.4 Å². The molecule has 0 amide bonds. The van der Waals surface area contributed by atoms with Crippen LogP contribution in [0.1, 0.15) is 57.9 Å². The van der Waals surface area contributed by atoms with E-state index in [1.54, 1.807) is 0 Å². The molecular formula is C26H36F3NO11S. The van der Waals surface area contributed by atoms with Crippen molar-refractivity contribution in [1.82, 2.24) is 0 Å². The third-order valence-electron chi connectivity index (χ3n) is 5.81. The molecule has 12 nitrogen and oxygen atoms in total. The van der Waals surface area contributed by atoms with E-state index in [1.165, 1.54) is 0 Å². The Morgan fingerprint density at radius 1 is 0.952 bits per heavy atom. The van der Waals surface area contributed by atoms with Crippen LogP contribution in [-0.4, -0.2) is 75.3 Å². The van der Waals surface area contributed by atoms with Gasteiger partial charge in [-0.2, -0.15) is 13.2 Å². The van der Waals surface area contributed by atoms with Crippen molar-refractivity contribution >= 4 is 21.6 Å². The van der Waals surface area contributed by atoms with Crippen LogP contribution < -0.4 is 0 Å². The second-order valence-electron chi connectivity index (χ2n) is 8.95. The Morgan fingerprint density at radius 2 is 1.48 bits per heavy atom. The minimum Gasteiger partial charge on any atom is -0.476 e. The lowest BCUT2D eigenvalue weighted by atomic mass is 9.81. The zero-order chi connectivity index (χ0) is 31.9. The highest BCUT2D eigenvalue weighted by atomic mass is 32.2. The second kappa shape index (κ2) is 17.7. The van der Waals surface area contributed by atoms with Crippen LogP contribution in [0.15, 0.2) is 40.8 Å². The summed E-state index contributed by atoms with van der Waals surface area (Å²) in [6, 6.07) is 3.27. The van der Waals surface area contributed by atoms with Gasteiger partial charge in [0.2, 0.25) is 0 Å². The Hall–Kier alpha value is -3.24. The van der Waals surface area contributed by atoms with Gasteiger partial charge in [-0.3, -0.25) is 19.7 Å². The lowest BCUT2D eigenvalue weighted by molar-refractivity contribution is -0.437. The zero-order valence-electron chi connectivity index (χ0n) is 23.6. The highest BCUT2D eigenvalue weighted by molar-refractivity contribution is 7.92. The van der Waals surface area contributed by atoms with Crippen LogP contribution in [0.2, 0.25) is 0 Å². The fraction of sp³-hybridized carbons (Fsp3) is 0.615. The molecule has 0 aliphatic heterocycles. The summed E-state index contributed by atoms with van der Waals surface area (Å²) in [7, 11) is -6.15. The largest absolute Gasteiger partial charge is 0.501 e. The van der Waals surface area contributed by atoms with E-state index in [1.807, 2.05) is 13.8 Å². The maximum Gasteiger partial charge on any atom is 0.501 e. The van der Waals surface area contributed by atoms with E-state index in [2.05, 4.69) is 0 Å². The van der Waals surface area contributed by atoms with Crippen LogP contribution in [0.4, 0.5) is 13.2 Å². The molecule has 1 N–H and O–H groups in total. The van der Waals surface area contributed by atoms with Crippen molar-refractivity contribution in [3.8, 4) is 0 Å². The first-order valence-electron chi connectivity index (χ1n) is 13.1. The van der Waals surface area contributed by atoms with Gasteiger partial charge in [-0.25, -0.2) is 8.42 Å². The number of rotatable bonds is 20. The quantitative estimate of drug-likeness (QED) is 0.0541. The number of alkyl halides is 3. The third kappa shape index (κ3) is 10.5. The molecule has 0 saturated heterocycles. The number of aliphatic hydroxyl groups is 1. The van der Waals surface area contributed by atoms with Crippen LogP contribution in [0, 0.1) is 16.0 Å². The number of nitrogens with zero attached hydrogens (tertiary/aromatic N) is 1. The number of esters is 1. The van der Waals surface area contributed by atoms with Crippen molar-refractivity contribution in [2.24, 2.45) is 5.92 Å². The fourth-order valence-electron chi connectivity index (χ4n) is 3.71. The van der Waals surface area contributed by atoms with Gasteiger partial charge in [-0.15, -0.1) is 0 Å². The number of hydrogen-bond acceptors (Lipinski definition) is 11. The fourth-order valence-corrected chi connectivity index (χ4v) is 4.72. The molecule has 42 heavy (non-hydrogen) atoms. The molecule has 16 heteroatoms. The number of carbonyl (C=O) groups is 2. The average Bonchev–Trinajstić information content (AvgIpc) is 2.91. The van der Waals surface area contributed by atoms with Crippen LogP contribution in [0.25, 0.3) is 0 Å². The lowest BCUT2D eigenvalue weighted by Crippen LogP contribution is -2.36. The van der Waals surface area contributed by atoms with Gasteiger partial charge in [-0.05, 0) is 31.4 Å². The number of allylic oxidation sites excluding steroid dienone is 1. The van der Waals surface area contributed by atoms with E-state index in [0.29, 0.717) is 32.1 Å². The van der Waals surface area contributed by atoms with Gasteiger partial charge < -0.3 is 24.1 Å². The van der Waals surface area contributed by atoms with Crippen LogP contribution in [0.3, 0.4) is 0 Å². The summed E-state index contributed by atoms with van der Waals surface area (Å²) in [5.41, 5.74) is -8.22. The van der Waals surface area contributed by atoms with Crippen molar-refractivity contribution in [3.05, 3.63) is 51.6 Å². The maximum atomic E-state index is 13.6. The van der Waals surface area contributed by atoms with Gasteiger partial charge in [0.15, 0.2) is 0 Å². The predicted molar refractivity (Wildman–Crippen MR) is 142 cm³/mol. The molecule has 2 atom stereocenters. The number of benzene rings is 1. The van der Waals surface area contributed by atoms with Gasteiger partial charge in [0.1, 0.15) is 30.8 Å². The topological polar surface area (TPSA) is 169 Å². The molecule has 0 bridgehead atoms. The molecule has 2 unspecified atom stereocenters. The summed E-state index contributed by atoms with van der Waals surface area (Å²) in [5, 5.41) is 22.8. The maximum absolute atomic E-state index is 13.6. The normalized spacial score (nSPS) is 14.0. The molecule has 1 rings (SSSR count). The molecule has 0 fully saturated rings. The number of carbonyl (C=O) groups excluding carboxylic acids is 2. The first kappa shape index (κ1) is 36.8. The van der Waals surface area contributed by atoms with Gasteiger partial charge in [-0.1, -0.05) is 44.9 Å². The van der Waals surface area contributed by atoms with Gasteiger partial charge >= 0.3 is 23.1 Å². The van der Waals surface area contributed by atoms with Crippen LogP contribution in [0.5, 0.6) is 0 Å². The molecule has 0 spiro atoms. The van der Waals surface area contributed by atoms with Gasteiger partial charge in [0.05, 0.1) is 23.0 Å². The number of nitro groups is 1. The minimum atomic E-state index is -6.15. The summed E-state index contributed by atoms with van der Waals surface area (Å²) < 4.78 is 86.2. The van der Waals surface area contributed by atoms with Gasteiger partial charge in [0, 0.05) is 13.2 Å². The van der Waals surface area contributed by atoms with E-state index in [0.717, 1.165) is 38.0 Å². The summed E-state index contributed by atoms with van der Waals surface area (Å²) in [5.74, 6) is -8.62. The first-order chi connectivity index (χ1) is 19.7. The monoisotopic (exact) mass is 627 g/mol.